The number of aliphatic carboxylic acids is 1. The SMILES string of the molecule is CCCOCCOCCNCOC(=O)/C=C\C(=O)O. The van der Waals surface area contributed by atoms with E-state index in [0.29, 0.717) is 26.4 Å². The highest BCUT2D eigenvalue weighted by Gasteiger charge is 1.97. The molecule has 19 heavy (non-hydrogen) atoms. The maximum atomic E-state index is 10.9. The second-order valence-electron chi connectivity index (χ2n) is 3.50. The van der Waals surface area contributed by atoms with Crippen LogP contribution in [0.2, 0.25) is 0 Å². The molecule has 7 nitrogen and oxygen atoms in total. The molecule has 0 heterocycles. The predicted octanol–water partition coefficient (Wildman–Crippen LogP) is 0.161. The Morgan fingerprint density at radius 1 is 1.11 bits per heavy atom. The Labute approximate surface area is 112 Å². The summed E-state index contributed by atoms with van der Waals surface area (Å²) in [5.74, 6) is -1.90. The maximum Gasteiger partial charge on any atom is 0.332 e. The van der Waals surface area contributed by atoms with Crippen molar-refractivity contribution in [1.82, 2.24) is 5.32 Å². The van der Waals surface area contributed by atoms with Crippen LogP contribution in [0.1, 0.15) is 13.3 Å². The molecule has 0 aromatic rings. The van der Waals surface area contributed by atoms with Gasteiger partial charge in [-0.1, -0.05) is 6.92 Å². The van der Waals surface area contributed by atoms with Gasteiger partial charge in [-0.3, -0.25) is 5.32 Å². The normalized spacial score (nSPS) is 10.8. The van der Waals surface area contributed by atoms with Gasteiger partial charge in [-0.15, -0.1) is 0 Å². The number of carbonyl (C=O) groups is 2. The van der Waals surface area contributed by atoms with Gasteiger partial charge in [0.2, 0.25) is 0 Å². The van der Waals surface area contributed by atoms with Crippen LogP contribution >= 0.6 is 0 Å². The average Bonchev–Trinajstić information content (AvgIpc) is 2.38. The Balaban J connectivity index is 3.22. The highest BCUT2D eigenvalue weighted by atomic mass is 16.5. The Bertz CT molecular complexity index is 279. The summed E-state index contributed by atoms with van der Waals surface area (Å²) in [7, 11) is 0. The third kappa shape index (κ3) is 14.5. The lowest BCUT2D eigenvalue weighted by Crippen LogP contribution is -2.24. The number of carbonyl (C=O) groups excluding carboxylic acids is 1. The fourth-order valence-corrected chi connectivity index (χ4v) is 0.992. The number of ether oxygens (including phenoxy) is 3. The van der Waals surface area contributed by atoms with Crippen LogP contribution in [-0.4, -0.2) is 56.7 Å². The summed E-state index contributed by atoms with van der Waals surface area (Å²) in [6, 6.07) is 0. The number of nitrogens with one attached hydrogen (secondary N) is 1. The molecule has 2 N–H and O–H groups in total. The zero-order valence-corrected chi connectivity index (χ0v) is 11.1. The molecule has 0 aromatic carbocycles. The van der Waals surface area contributed by atoms with Crippen LogP contribution in [0.3, 0.4) is 0 Å². The average molecular weight is 275 g/mol. The predicted molar refractivity (Wildman–Crippen MR) is 67.7 cm³/mol. The number of hydrogen-bond acceptors (Lipinski definition) is 6. The molecule has 0 aliphatic carbocycles. The van der Waals surface area contributed by atoms with Crippen LogP contribution in [0.4, 0.5) is 0 Å². The first-order valence-corrected chi connectivity index (χ1v) is 6.10. The Morgan fingerprint density at radius 2 is 1.79 bits per heavy atom. The summed E-state index contributed by atoms with van der Waals surface area (Å²) in [5, 5.41) is 11.1. The number of carboxylic acids is 1. The third-order valence-corrected chi connectivity index (χ3v) is 1.82. The first-order chi connectivity index (χ1) is 9.16. The van der Waals surface area contributed by atoms with Crippen molar-refractivity contribution in [2.24, 2.45) is 0 Å². The molecule has 0 spiro atoms. The smallest absolute Gasteiger partial charge is 0.332 e. The van der Waals surface area contributed by atoms with E-state index in [1.807, 2.05) is 6.92 Å². The fourth-order valence-electron chi connectivity index (χ4n) is 0.992. The van der Waals surface area contributed by atoms with Crippen molar-refractivity contribution in [1.29, 1.82) is 0 Å². The van der Waals surface area contributed by atoms with Crippen LogP contribution in [0.5, 0.6) is 0 Å². The molecule has 0 atom stereocenters. The lowest BCUT2D eigenvalue weighted by Gasteiger charge is -2.06. The van der Waals surface area contributed by atoms with E-state index in [9.17, 15) is 9.59 Å². The standard InChI is InChI=1S/C12H21NO6/c1-2-6-17-8-9-18-7-5-13-10-19-12(16)4-3-11(14)15/h3-4,13H,2,5-10H2,1H3,(H,14,15)/b4-3-. The highest BCUT2D eigenvalue weighted by molar-refractivity contribution is 5.90. The van der Waals surface area contributed by atoms with E-state index < -0.39 is 11.9 Å². The molecule has 0 fully saturated rings. The zero-order chi connectivity index (χ0) is 14.3. The summed E-state index contributed by atoms with van der Waals surface area (Å²) in [4.78, 5) is 21.0. The third-order valence-electron chi connectivity index (χ3n) is 1.82. The van der Waals surface area contributed by atoms with Gasteiger partial charge >= 0.3 is 11.9 Å². The van der Waals surface area contributed by atoms with E-state index in [-0.39, 0.29) is 6.73 Å². The molecular formula is C12H21NO6. The number of rotatable bonds is 12. The molecule has 0 amide bonds. The van der Waals surface area contributed by atoms with Gasteiger partial charge in [-0.25, -0.2) is 9.59 Å². The van der Waals surface area contributed by atoms with Crippen LogP contribution in [0.25, 0.3) is 0 Å². The molecule has 0 unspecified atom stereocenters. The summed E-state index contributed by atoms with van der Waals surface area (Å²) in [6.07, 6.45) is 2.57. The van der Waals surface area contributed by atoms with E-state index >= 15 is 0 Å². The Kier molecular flexibility index (Phi) is 12.0. The summed E-state index contributed by atoms with van der Waals surface area (Å²) < 4.78 is 15.1. The van der Waals surface area contributed by atoms with Crippen molar-refractivity contribution in [2.75, 3.05) is 39.7 Å². The fraction of sp³-hybridized carbons (Fsp3) is 0.667. The second-order valence-corrected chi connectivity index (χ2v) is 3.50. The zero-order valence-electron chi connectivity index (χ0n) is 11.1. The second kappa shape index (κ2) is 13.0. The molecule has 0 aromatic heterocycles. The van der Waals surface area contributed by atoms with Gasteiger partial charge in [0, 0.05) is 25.3 Å². The van der Waals surface area contributed by atoms with Gasteiger partial charge in [0.1, 0.15) is 6.73 Å². The highest BCUT2D eigenvalue weighted by Crippen LogP contribution is 1.82. The monoisotopic (exact) mass is 275 g/mol. The lowest BCUT2D eigenvalue weighted by atomic mass is 10.5. The van der Waals surface area contributed by atoms with Gasteiger partial charge in [0.15, 0.2) is 0 Å². The van der Waals surface area contributed by atoms with E-state index in [1.165, 1.54) is 0 Å². The van der Waals surface area contributed by atoms with Gasteiger partial charge < -0.3 is 19.3 Å². The Hall–Kier alpha value is -1.44. The molecule has 0 rings (SSSR count). The quantitative estimate of drug-likeness (QED) is 0.227. The van der Waals surface area contributed by atoms with Crippen LogP contribution in [-0.2, 0) is 23.8 Å². The van der Waals surface area contributed by atoms with Crippen LogP contribution in [0.15, 0.2) is 12.2 Å². The number of hydrogen-bond donors (Lipinski definition) is 2. The lowest BCUT2D eigenvalue weighted by molar-refractivity contribution is -0.139. The Morgan fingerprint density at radius 3 is 2.42 bits per heavy atom. The largest absolute Gasteiger partial charge is 0.478 e. The van der Waals surface area contributed by atoms with E-state index in [0.717, 1.165) is 25.2 Å². The molecule has 110 valence electrons. The van der Waals surface area contributed by atoms with E-state index in [4.69, 9.17) is 14.6 Å². The van der Waals surface area contributed by atoms with E-state index in [2.05, 4.69) is 10.1 Å². The first kappa shape index (κ1) is 17.6. The molecule has 0 radical (unpaired) electrons. The molecular weight excluding hydrogens is 254 g/mol. The van der Waals surface area contributed by atoms with E-state index in [1.54, 1.807) is 0 Å². The number of esters is 1. The molecule has 0 saturated heterocycles. The molecule has 0 bridgehead atoms. The van der Waals surface area contributed by atoms with Crippen LogP contribution < -0.4 is 5.32 Å². The first-order valence-electron chi connectivity index (χ1n) is 6.10. The number of carboxylic acid groups (broad SMARTS) is 1. The molecule has 0 aliphatic rings. The van der Waals surface area contributed by atoms with Crippen molar-refractivity contribution in [3.05, 3.63) is 12.2 Å². The topological polar surface area (TPSA) is 94.1 Å². The van der Waals surface area contributed by atoms with Crippen molar-refractivity contribution >= 4 is 11.9 Å². The van der Waals surface area contributed by atoms with Crippen molar-refractivity contribution < 1.29 is 28.9 Å². The van der Waals surface area contributed by atoms with Crippen molar-refractivity contribution in [2.45, 2.75) is 13.3 Å². The molecule has 0 aliphatic heterocycles. The van der Waals surface area contributed by atoms with Gasteiger partial charge in [-0.2, -0.15) is 0 Å². The van der Waals surface area contributed by atoms with Crippen molar-refractivity contribution in [3.63, 3.8) is 0 Å². The minimum atomic E-state index is -1.19. The van der Waals surface area contributed by atoms with Gasteiger partial charge in [0.25, 0.3) is 0 Å². The molecule has 7 heteroatoms. The summed E-state index contributed by atoms with van der Waals surface area (Å²) in [5.41, 5.74) is 0. The minimum Gasteiger partial charge on any atom is -0.478 e. The molecule has 0 saturated carbocycles. The summed E-state index contributed by atoms with van der Waals surface area (Å²) >= 11 is 0. The van der Waals surface area contributed by atoms with Crippen molar-refractivity contribution in [3.8, 4) is 0 Å². The van der Waals surface area contributed by atoms with Gasteiger partial charge in [0.05, 0.1) is 19.8 Å². The van der Waals surface area contributed by atoms with Crippen LogP contribution in [0, 0.1) is 0 Å². The minimum absolute atomic E-state index is 0.0124. The van der Waals surface area contributed by atoms with Gasteiger partial charge in [-0.05, 0) is 6.42 Å². The summed E-state index contributed by atoms with van der Waals surface area (Å²) in [6.45, 7) is 4.91. The maximum absolute atomic E-state index is 10.9.